The lowest BCUT2D eigenvalue weighted by Crippen LogP contribution is -2.30. The Balaban J connectivity index is 1.52. The van der Waals surface area contributed by atoms with E-state index in [4.69, 9.17) is 9.47 Å². The topological polar surface area (TPSA) is 118 Å². The number of ether oxygens (including phenoxy) is 2. The molecule has 11 heteroatoms. The van der Waals surface area contributed by atoms with Gasteiger partial charge in [0.2, 0.25) is 5.88 Å². The van der Waals surface area contributed by atoms with Gasteiger partial charge in [-0.15, -0.1) is 0 Å². The van der Waals surface area contributed by atoms with Crippen molar-refractivity contribution >= 4 is 28.2 Å². The number of aromatic nitrogens is 5. The molecule has 3 aromatic rings. The highest BCUT2D eigenvalue weighted by atomic mass is 32.1. The summed E-state index contributed by atoms with van der Waals surface area (Å²) in [7, 11) is 3.07. The number of carbonyl (C=O) groups is 1. The standard InChI is InChI=1S/C16H17N7O3S/c1-25-13-7-12(19-15(20-13)26-2)23-6-4-9-11(8-23)27-16(18-9)21-14(24)10-3-5-17-22-10/h3,5,7H,4,6,8H2,1-2H3,(H,17,22)(H,18,21,24). The fraction of sp³-hybridized carbons (Fsp3) is 0.312. The van der Waals surface area contributed by atoms with Crippen LogP contribution in [0.5, 0.6) is 11.9 Å². The van der Waals surface area contributed by atoms with Gasteiger partial charge in [0.05, 0.1) is 26.5 Å². The molecule has 0 saturated heterocycles. The Morgan fingerprint density at radius 1 is 1.30 bits per heavy atom. The molecule has 0 fully saturated rings. The SMILES string of the molecule is COc1cc(N2CCc3nc(NC(=O)c4cc[nH]n4)sc3C2)nc(OC)n1. The summed E-state index contributed by atoms with van der Waals surface area (Å²) < 4.78 is 10.4. The second-order valence-corrected chi connectivity index (χ2v) is 6.81. The molecule has 0 atom stereocenters. The van der Waals surface area contributed by atoms with Crippen LogP contribution in [0.15, 0.2) is 18.3 Å². The molecular formula is C16H17N7O3S. The zero-order valence-corrected chi connectivity index (χ0v) is 15.5. The number of hydrogen-bond acceptors (Lipinski definition) is 9. The fourth-order valence-corrected chi connectivity index (χ4v) is 3.76. The van der Waals surface area contributed by atoms with E-state index >= 15 is 0 Å². The number of carbonyl (C=O) groups excluding carboxylic acids is 1. The molecule has 1 aliphatic heterocycles. The number of nitrogens with zero attached hydrogens (tertiary/aromatic N) is 5. The van der Waals surface area contributed by atoms with E-state index in [-0.39, 0.29) is 11.9 Å². The summed E-state index contributed by atoms with van der Waals surface area (Å²) in [6.07, 6.45) is 2.35. The van der Waals surface area contributed by atoms with Gasteiger partial charge in [-0.3, -0.25) is 15.2 Å². The summed E-state index contributed by atoms with van der Waals surface area (Å²) >= 11 is 1.45. The molecule has 0 bridgehead atoms. The van der Waals surface area contributed by atoms with Gasteiger partial charge in [-0.2, -0.15) is 15.1 Å². The molecule has 0 aromatic carbocycles. The van der Waals surface area contributed by atoms with Gasteiger partial charge in [0.15, 0.2) is 5.13 Å². The first kappa shape index (κ1) is 17.2. The van der Waals surface area contributed by atoms with Crippen LogP contribution in [0.4, 0.5) is 10.9 Å². The third-order valence-electron chi connectivity index (χ3n) is 4.07. The van der Waals surface area contributed by atoms with Gasteiger partial charge in [0, 0.05) is 30.1 Å². The first-order valence-corrected chi connectivity index (χ1v) is 8.99. The number of H-pyrrole nitrogens is 1. The molecule has 0 aliphatic carbocycles. The molecule has 0 spiro atoms. The molecule has 0 radical (unpaired) electrons. The highest BCUT2D eigenvalue weighted by Gasteiger charge is 2.24. The number of rotatable bonds is 5. The molecule has 140 valence electrons. The maximum absolute atomic E-state index is 12.1. The van der Waals surface area contributed by atoms with Crippen molar-refractivity contribution in [3.63, 3.8) is 0 Å². The maximum atomic E-state index is 12.1. The predicted molar refractivity (Wildman–Crippen MR) is 98.5 cm³/mol. The summed E-state index contributed by atoms with van der Waals surface area (Å²) in [6, 6.07) is 3.64. The first-order chi connectivity index (χ1) is 13.2. The van der Waals surface area contributed by atoms with Gasteiger partial charge in [0.1, 0.15) is 11.5 Å². The van der Waals surface area contributed by atoms with Crippen LogP contribution >= 0.6 is 11.3 Å². The van der Waals surface area contributed by atoms with Crippen molar-refractivity contribution in [1.82, 2.24) is 25.1 Å². The van der Waals surface area contributed by atoms with Crippen LogP contribution in [0.3, 0.4) is 0 Å². The molecule has 2 N–H and O–H groups in total. The summed E-state index contributed by atoms with van der Waals surface area (Å²) in [5.74, 6) is 0.878. The highest BCUT2D eigenvalue weighted by molar-refractivity contribution is 7.15. The number of fused-ring (bicyclic) bond motifs is 1. The van der Waals surface area contributed by atoms with Crippen LogP contribution in [0.2, 0.25) is 0 Å². The second kappa shape index (κ2) is 7.19. The number of aromatic amines is 1. The summed E-state index contributed by atoms with van der Waals surface area (Å²) in [6.45, 7) is 1.38. The molecule has 0 saturated carbocycles. The molecule has 0 unspecified atom stereocenters. The predicted octanol–water partition coefficient (Wildman–Crippen LogP) is 1.49. The smallest absolute Gasteiger partial charge is 0.321 e. The average Bonchev–Trinajstić information content (AvgIpc) is 3.36. The van der Waals surface area contributed by atoms with E-state index in [0.717, 1.165) is 29.4 Å². The Hall–Kier alpha value is -3.21. The van der Waals surface area contributed by atoms with Crippen molar-refractivity contribution in [3.8, 4) is 11.9 Å². The van der Waals surface area contributed by atoms with E-state index in [1.807, 2.05) is 0 Å². The fourth-order valence-electron chi connectivity index (χ4n) is 2.74. The van der Waals surface area contributed by atoms with E-state index in [0.29, 0.717) is 23.3 Å². The number of thiazole rings is 1. The van der Waals surface area contributed by atoms with Crippen LogP contribution in [-0.2, 0) is 13.0 Å². The van der Waals surface area contributed by atoms with E-state index in [9.17, 15) is 4.79 Å². The monoisotopic (exact) mass is 387 g/mol. The van der Waals surface area contributed by atoms with Crippen LogP contribution in [0, 0.1) is 0 Å². The molecular weight excluding hydrogens is 370 g/mol. The van der Waals surface area contributed by atoms with Crippen LogP contribution in [-0.4, -0.2) is 51.8 Å². The molecule has 1 aliphatic rings. The van der Waals surface area contributed by atoms with Gasteiger partial charge in [-0.1, -0.05) is 11.3 Å². The van der Waals surface area contributed by atoms with Gasteiger partial charge < -0.3 is 14.4 Å². The summed E-state index contributed by atoms with van der Waals surface area (Å²) in [5.41, 5.74) is 1.31. The Kier molecular flexibility index (Phi) is 4.59. The Labute approximate surface area is 158 Å². The van der Waals surface area contributed by atoms with Crippen molar-refractivity contribution in [1.29, 1.82) is 0 Å². The minimum Gasteiger partial charge on any atom is -0.481 e. The third-order valence-corrected chi connectivity index (χ3v) is 5.07. The number of anilines is 2. The second-order valence-electron chi connectivity index (χ2n) is 5.73. The van der Waals surface area contributed by atoms with Gasteiger partial charge in [-0.05, 0) is 6.07 Å². The van der Waals surface area contributed by atoms with Crippen molar-refractivity contribution < 1.29 is 14.3 Å². The first-order valence-electron chi connectivity index (χ1n) is 8.18. The average molecular weight is 387 g/mol. The van der Waals surface area contributed by atoms with E-state index in [2.05, 4.69) is 35.4 Å². The molecule has 10 nitrogen and oxygen atoms in total. The summed E-state index contributed by atoms with van der Waals surface area (Å²) in [5, 5.41) is 9.85. The Morgan fingerprint density at radius 3 is 2.93 bits per heavy atom. The molecule has 4 heterocycles. The Morgan fingerprint density at radius 2 is 2.19 bits per heavy atom. The van der Waals surface area contributed by atoms with E-state index in [1.54, 1.807) is 25.4 Å². The lowest BCUT2D eigenvalue weighted by Gasteiger charge is -2.27. The zero-order chi connectivity index (χ0) is 18.8. The van der Waals surface area contributed by atoms with Crippen LogP contribution < -0.4 is 19.7 Å². The number of hydrogen-bond donors (Lipinski definition) is 2. The van der Waals surface area contributed by atoms with E-state index < -0.39 is 0 Å². The van der Waals surface area contributed by atoms with Crippen LogP contribution in [0.25, 0.3) is 0 Å². The molecule has 1 amide bonds. The van der Waals surface area contributed by atoms with Crippen LogP contribution in [0.1, 0.15) is 21.1 Å². The van der Waals surface area contributed by atoms with Gasteiger partial charge >= 0.3 is 6.01 Å². The number of nitrogens with one attached hydrogen (secondary N) is 2. The van der Waals surface area contributed by atoms with Crippen molar-refractivity contribution in [3.05, 3.63) is 34.6 Å². The van der Waals surface area contributed by atoms with Gasteiger partial charge in [0.25, 0.3) is 5.91 Å². The largest absolute Gasteiger partial charge is 0.481 e. The highest BCUT2D eigenvalue weighted by Crippen LogP contribution is 2.31. The molecule has 4 rings (SSSR count). The normalized spacial score (nSPS) is 13.2. The maximum Gasteiger partial charge on any atom is 0.321 e. The summed E-state index contributed by atoms with van der Waals surface area (Å²) in [4.78, 5) is 28.4. The van der Waals surface area contributed by atoms with E-state index in [1.165, 1.54) is 18.4 Å². The molecule has 27 heavy (non-hydrogen) atoms. The van der Waals surface area contributed by atoms with Crippen molar-refractivity contribution in [2.75, 3.05) is 31.0 Å². The zero-order valence-electron chi connectivity index (χ0n) is 14.7. The third kappa shape index (κ3) is 3.53. The van der Waals surface area contributed by atoms with Crippen molar-refractivity contribution in [2.45, 2.75) is 13.0 Å². The number of amides is 1. The lowest BCUT2D eigenvalue weighted by atomic mass is 10.2. The molecule has 3 aromatic heterocycles. The van der Waals surface area contributed by atoms with Crippen molar-refractivity contribution in [2.24, 2.45) is 0 Å². The minimum atomic E-state index is -0.288. The lowest BCUT2D eigenvalue weighted by molar-refractivity contribution is 0.102. The quantitative estimate of drug-likeness (QED) is 0.676. The minimum absolute atomic E-state index is 0.256. The number of methoxy groups -OCH3 is 2. The Bertz CT molecular complexity index is 935. The van der Waals surface area contributed by atoms with Gasteiger partial charge in [-0.25, -0.2) is 4.98 Å².